The van der Waals surface area contributed by atoms with Crippen LogP contribution >= 0.6 is 0 Å². The number of rotatable bonds is 4. The van der Waals surface area contributed by atoms with E-state index in [4.69, 9.17) is 27.8 Å². The number of hydrogen-bond donors (Lipinski definition) is 1. The first-order valence-corrected chi connectivity index (χ1v) is 8.24. The second-order valence-corrected chi connectivity index (χ2v) is 5.74. The van der Waals surface area contributed by atoms with Crippen LogP contribution in [-0.4, -0.2) is 61.1 Å². The number of methoxy groups -OCH3 is 2. The van der Waals surface area contributed by atoms with Crippen molar-refractivity contribution in [1.29, 1.82) is 0 Å². The van der Waals surface area contributed by atoms with Gasteiger partial charge in [0.05, 0.1) is 34.2 Å². The first-order chi connectivity index (χ1) is 15.9. The molecular formula is C19H21N5O4. The second kappa shape index (κ2) is 7.26. The Kier molecular flexibility index (Phi) is 3.13. The monoisotopic (exact) mass is 389 g/mol. The van der Waals surface area contributed by atoms with Gasteiger partial charge in [-0.1, -0.05) is 0 Å². The summed E-state index contributed by atoms with van der Waals surface area (Å²) in [5.74, 6) is -1.54. The quantitative estimate of drug-likeness (QED) is 0.720. The van der Waals surface area contributed by atoms with Crippen LogP contribution in [0.4, 0.5) is 11.8 Å². The molecule has 9 heteroatoms. The molecule has 4 rings (SSSR count). The Hall–Kier alpha value is -3.49. The third-order valence-electron chi connectivity index (χ3n) is 4.07. The second-order valence-electron chi connectivity index (χ2n) is 5.74. The molecule has 0 spiro atoms. The van der Waals surface area contributed by atoms with Crippen LogP contribution in [0.1, 0.15) is 18.8 Å². The van der Waals surface area contributed by atoms with E-state index < -0.39 is 37.9 Å². The molecule has 3 aromatic rings. The third-order valence-corrected chi connectivity index (χ3v) is 4.07. The van der Waals surface area contributed by atoms with Crippen molar-refractivity contribution in [2.24, 2.45) is 0 Å². The molecule has 0 aliphatic carbocycles. The summed E-state index contributed by atoms with van der Waals surface area (Å²) in [6, 6.07) is 2.40. The zero-order chi connectivity index (χ0) is 25.0. The first kappa shape index (κ1) is 12.1. The van der Waals surface area contributed by atoms with Gasteiger partial charge >= 0.3 is 0 Å². The maximum atomic E-state index is 12.7. The fourth-order valence-electron chi connectivity index (χ4n) is 2.67. The summed E-state index contributed by atoms with van der Waals surface area (Å²) in [5, 5.41) is -0.0147. The van der Waals surface area contributed by atoms with E-state index in [-0.39, 0.29) is 46.1 Å². The van der Waals surface area contributed by atoms with Crippen molar-refractivity contribution in [1.82, 2.24) is 14.9 Å². The summed E-state index contributed by atoms with van der Waals surface area (Å²) in [6.45, 7) is -5.97. The van der Waals surface area contributed by atoms with E-state index in [0.717, 1.165) is 4.90 Å². The number of piperazine rings is 1. The SMILES string of the molecule is [2H]c1c(OC)c(OC)c([2H])c2c(N)nc(N3C([2H])([2H])CN(C(=O)c4ccco4)CC3([2H])[2H])nc12. The predicted molar refractivity (Wildman–Crippen MR) is 104 cm³/mol. The minimum Gasteiger partial charge on any atom is -0.493 e. The lowest BCUT2D eigenvalue weighted by Crippen LogP contribution is -2.49. The number of nitrogens with two attached hydrogens (primary N) is 1. The zero-order valence-electron chi connectivity index (χ0n) is 21.1. The summed E-state index contributed by atoms with van der Waals surface area (Å²) in [6.07, 6.45) is 1.29. The van der Waals surface area contributed by atoms with Crippen molar-refractivity contribution < 1.29 is 26.9 Å². The van der Waals surface area contributed by atoms with Gasteiger partial charge in [-0.05, 0) is 18.2 Å². The van der Waals surface area contributed by atoms with Crippen LogP contribution in [0.25, 0.3) is 10.9 Å². The summed E-state index contributed by atoms with van der Waals surface area (Å²) >= 11 is 0. The first-order valence-electron chi connectivity index (χ1n) is 11.2. The van der Waals surface area contributed by atoms with E-state index in [1.807, 2.05) is 0 Å². The molecule has 0 radical (unpaired) electrons. The molecule has 0 atom stereocenters. The molecule has 0 bridgehead atoms. The molecule has 2 aromatic heterocycles. The van der Waals surface area contributed by atoms with Gasteiger partial charge in [-0.2, -0.15) is 4.98 Å². The van der Waals surface area contributed by atoms with Gasteiger partial charge in [-0.15, -0.1) is 0 Å². The molecular weight excluding hydrogens is 362 g/mol. The highest BCUT2D eigenvalue weighted by molar-refractivity contribution is 5.92. The smallest absolute Gasteiger partial charge is 0.289 e. The number of carbonyl (C=O) groups excluding carboxylic acids is 1. The van der Waals surface area contributed by atoms with Crippen molar-refractivity contribution in [2.45, 2.75) is 0 Å². The number of furan rings is 1. The van der Waals surface area contributed by atoms with Gasteiger partial charge in [-0.3, -0.25) is 4.79 Å². The molecule has 2 N–H and O–H groups in total. The van der Waals surface area contributed by atoms with E-state index in [1.165, 1.54) is 32.6 Å². The number of benzene rings is 1. The van der Waals surface area contributed by atoms with E-state index in [0.29, 0.717) is 4.90 Å². The lowest BCUT2D eigenvalue weighted by atomic mass is 10.2. The Morgan fingerprint density at radius 3 is 2.61 bits per heavy atom. The lowest BCUT2D eigenvalue weighted by molar-refractivity contribution is 0.0714. The third kappa shape index (κ3) is 3.15. The Labute approximate surface area is 170 Å². The molecule has 1 aromatic carbocycles. The lowest BCUT2D eigenvalue weighted by Gasteiger charge is -2.34. The highest BCUT2D eigenvalue weighted by Gasteiger charge is 2.25. The van der Waals surface area contributed by atoms with E-state index >= 15 is 0 Å². The fraction of sp³-hybridized carbons (Fsp3) is 0.316. The van der Waals surface area contributed by atoms with Gasteiger partial charge in [0.1, 0.15) is 5.82 Å². The predicted octanol–water partition coefficient (Wildman–Crippen LogP) is 1.78. The Bertz CT molecular complexity index is 1250. The van der Waals surface area contributed by atoms with Crippen LogP contribution in [-0.2, 0) is 0 Å². The number of anilines is 2. The molecule has 0 unspecified atom stereocenters. The number of fused-ring (bicyclic) bond motifs is 1. The number of carbonyl (C=O) groups is 1. The molecule has 3 heterocycles. The number of nitrogen functional groups attached to an aromatic ring is 1. The molecule has 146 valence electrons. The van der Waals surface area contributed by atoms with E-state index in [1.54, 1.807) is 0 Å². The van der Waals surface area contributed by atoms with Crippen LogP contribution < -0.4 is 20.1 Å². The molecule has 0 saturated carbocycles. The van der Waals surface area contributed by atoms with Crippen molar-refractivity contribution in [3.63, 3.8) is 0 Å². The van der Waals surface area contributed by atoms with Crippen LogP contribution in [0.15, 0.2) is 34.9 Å². The summed E-state index contributed by atoms with van der Waals surface area (Å²) in [4.78, 5) is 22.6. The van der Waals surface area contributed by atoms with Crippen molar-refractivity contribution in [3.8, 4) is 11.5 Å². The minimum absolute atomic E-state index is 0.0147. The Morgan fingerprint density at radius 1 is 1.25 bits per heavy atom. The van der Waals surface area contributed by atoms with Gasteiger partial charge in [0.15, 0.2) is 17.3 Å². The number of hydrogen-bond acceptors (Lipinski definition) is 8. The largest absolute Gasteiger partial charge is 0.493 e. The summed E-state index contributed by atoms with van der Waals surface area (Å²) < 4.78 is 66.3. The van der Waals surface area contributed by atoms with Gasteiger partial charge in [0, 0.05) is 37.5 Å². The standard InChI is InChI=1S/C19H21N5O4/c1-26-15-10-12-13(11-16(15)27-2)21-19(22-17(12)20)24-7-5-23(6-8-24)18(25)14-4-3-9-28-14/h3-4,9-11H,5-8H2,1-2H3,(H2,20,21,22)/i7D2,8D2,10D,11D. The fourth-order valence-corrected chi connectivity index (χ4v) is 2.67. The highest BCUT2D eigenvalue weighted by atomic mass is 16.5. The van der Waals surface area contributed by atoms with Crippen molar-refractivity contribution >= 4 is 28.6 Å². The molecule has 1 aliphatic heterocycles. The number of nitrogens with zero attached hydrogens (tertiary/aromatic N) is 4. The van der Waals surface area contributed by atoms with Gasteiger partial charge < -0.3 is 29.4 Å². The van der Waals surface area contributed by atoms with Gasteiger partial charge in [0.25, 0.3) is 5.91 Å². The van der Waals surface area contributed by atoms with E-state index in [9.17, 15) is 4.79 Å². The normalized spacial score (nSPS) is 21.1. The average molecular weight is 389 g/mol. The van der Waals surface area contributed by atoms with Crippen LogP contribution in [0.5, 0.6) is 11.5 Å². The maximum absolute atomic E-state index is 12.7. The number of ether oxygens (including phenoxy) is 2. The van der Waals surface area contributed by atoms with Crippen molar-refractivity contribution in [2.75, 3.05) is 50.9 Å². The topological polar surface area (TPSA) is 107 Å². The average Bonchev–Trinajstić information content (AvgIpc) is 3.28. The highest BCUT2D eigenvalue weighted by Crippen LogP contribution is 2.34. The van der Waals surface area contributed by atoms with Gasteiger partial charge in [0.2, 0.25) is 5.95 Å². The van der Waals surface area contributed by atoms with Crippen LogP contribution in [0.2, 0.25) is 0 Å². The zero-order valence-corrected chi connectivity index (χ0v) is 15.1. The van der Waals surface area contributed by atoms with E-state index in [2.05, 4.69) is 9.97 Å². The maximum Gasteiger partial charge on any atom is 0.289 e. The summed E-state index contributed by atoms with van der Waals surface area (Å²) in [5.41, 5.74) is 5.93. The molecule has 1 fully saturated rings. The van der Waals surface area contributed by atoms with Crippen molar-refractivity contribution in [3.05, 3.63) is 36.2 Å². The van der Waals surface area contributed by atoms with Crippen LogP contribution in [0.3, 0.4) is 0 Å². The molecule has 28 heavy (non-hydrogen) atoms. The van der Waals surface area contributed by atoms with Crippen LogP contribution in [0, 0.1) is 0 Å². The number of aromatic nitrogens is 2. The Morgan fingerprint density at radius 2 is 1.96 bits per heavy atom. The molecule has 9 nitrogen and oxygen atoms in total. The van der Waals surface area contributed by atoms with Gasteiger partial charge in [-0.25, -0.2) is 4.98 Å². The Balaban J connectivity index is 1.84. The molecule has 1 amide bonds. The molecule has 1 saturated heterocycles. The number of amides is 1. The summed E-state index contributed by atoms with van der Waals surface area (Å²) in [7, 11) is 2.60. The minimum atomic E-state index is -2.47. The molecule has 1 aliphatic rings.